The smallest absolute Gasteiger partial charge is 0.330 e. The first-order valence-electron chi connectivity index (χ1n) is 4.94. The van der Waals surface area contributed by atoms with Gasteiger partial charge in [0.05, 0.1) is 0 Å². The van der Waals surface area contributed by atoms with Gasteiger partial charge in [-0.25, -0.2) is 9.18 Å². The highest BCUT2D eigenvalue weighted by atomic mass is 127. The van der Waals surface area contributed by atoms with Gasteiger partial charge in [-0.3, -0.25) is 14.3 Å². The van der Waals surface area contributed by atoms with Crippen molar-refractivity contribution in [2.45, 2.75) is 24.6 Å². The number of alkyl halides is 2. The van der Waals surface area contributed by atoms with Gasteiger partial charge < -0.3 is 15.3 Å². The van der Waals surface area contributed by atoms with Crippen LogP contribution in [0.1, 0.15) is 6.23 Å². The summed E-state index contributed by atoms with van der Waals surface area (Å²) in [6.07, 6.45) is -6.38. The van der Waals surface area contributed by atoms with Gasteiger partial charge in [0.2, 0.25) is 0 Å². The lowest BCUT2D eigenvalue weighted by Gasteiger charge is -2.25. The molecule has 1 aromatic heterocycles. The molecule has 0 aromatic carbocycles. The molecule has 18 heavy (non-hydrogen) atoms. The SMILES string of the molecule is O=c1ccn([C@H](O)[C@H](O)[C@H](O)[C@@H](F)CI)c(=O)[nH]1. The van der Waals surface area contributed by atoms with Gasteiger partial charge in [0, 0.05) is 16.7 Å². The van der Waals surface area contributed by atoms with E-state index in [1.165, 1.54) is 0 Å². The Morgan fingerprint density at radius 2 is 1.94 bits per heavy atom. The van der Waals surface area contributed by atoms with Gasteiger partial charge in [-0.2, -0.15) is 0 Å². The number of hydrogen-bond acceptors (Lipinski definition) is 5. The third-order valence-electron chi connectivity index (χ3n) is 2.31. The number of nitrogens with zero attached hydrogens (tertiary/aromatic N) is 1. The summed E-state index contributed by atoms with van der Waals surface area (Å²) in [6.45, 7) is 0. The lowest BCUT2D eigenvalue weighted by atomic mass is 10.1. The van der Waals surface area contributed by atoms with Crippen LogP contribution in [0.5, 0.6) is 0 Å². The standard InChI is InChI=1S/C9H12FIN2O5/c10-4(3-11)6(15)7(16)8(17)13-2-1-5(14)12-9(13)18/h1-2,4,6-8,15-17H,3H2,(H,12,14,18)/t4-,6+,7+,8+/m0/s1. The van der Waals surface area contributed by atoms with Crippen LogP contribution < -0.4 is 11.2 Å². The molecule has 0 radical (unpaired) electrons. The van der Waals surface area contributed by atoms with Gasteiger partial charge >= 0.3 is 5.69 Å². The van der Waals surface area contributed by atoms with Gasteiger partial charge in [-0.15, -0.1) is 0 Å². The van der Waals surface area contributed by atoms with E-state index < -0.39 is 35.9 Å². The van der Waals surface area contributed by atoms with Crippen molar-refractivity contribution in [3.63, 3.8) is 0 Å². The van der Waals surface area contributed by atoms with E-state index in [-0.39, 0.29) is 4.43 Å². The van der Waals surface area contributed by atoms with Gasteiger partial charge in [-0.1, -0.05) is 22.6 Å². The van der Waals surface area contributed by atoms with E-state index in [0.717, 1.165) is 12.3 Å². The molecule has 0 saturated carbocycles. The fraction of sp³-hybridized carbons (Fsp3) is 0.556. The maximum Gasteiger partial charge on any atom is 0.330 e. The normalized spacial score (nSPS) is 18.1. The third-order valence-corrected chi connectivity index (χ3v) is 3.15. The summed E-state index contributed by atoms with van der Waals surface area (Å²) >= 11 is 1.67. The largest absolute Gasteiger partial charge is 0.387 e. The van der Waals surface area contributed by atoms with Crippen molar-refractivity contribution in [3.8, 4) is 0 Å². The topological polar surface area (TPSA) is 116 Å². The van der Waals surface area contributed by atoms with Gasteiger partial charge in [-0.05, 0) is 0 Å². The lowest BCUT2D eigenvalue weighted by Crippen LogP contribution is -2.45. The number of halogens is 2. The van der Waals surface area contributed by atoms with Crippen LogP contribution in [0.3, 0.4) is 0 Å². The minimum atomic E-state index is -1.89. The maximum atomic E-state index is 13.1. The van der Waals surface area contributed by atoms with E-state index in [1.807, 2.05) is 4.98 Å². The molecular weight excluding hydrogens is 362 g/mol. The minimum absolute atomic E-state index is 0.0801. The summed E-state index contributed by atoms with van der Waals surface area (Å²) < 4.78 is 13.7. The molecule has 9 heteroatoms. The van der Waals surface area contributed by atoms with Crippen LogP contribution in [0.25, 0.3) is 0 Å². The zero-order valence-electron chi connectivity index (χ0n) is 9.03. The van der Waals surface area contributed by atoms with E-state index in [4.69, 9.17) is 0 Å². The quantitative estimate of drug-likeness (QED) is 0.371. The Morgan fingerprint density at radius 1 is 1.33 bits per heavy atom. The first-order valence-corrected chi connectivity index (χ1v) is 6.46. The first-order chi connectivity index (χ1) is 8.38. The molecule has 0 spiro atoms. The summed E-state index contributed by atoms with van der Waals surface area (Å²) in [5.41, 5.74) is -1.64. The van der Waals surface area contributed by atoms with Crippen LogP contribution in [0, 0.1) is 0 Å². The van der Waals surface area contributed by atoms with Crippen molar-refractivity contribution in [3.05, 3.63) is 33.1 Å². The maximum absolute atomic E-state index is 13.1. The number of nitrogens with one attached hydrogen (secondary N) is 1. The Hall–Kier alpha value is -0.780. The molecule has 4 N–H and O–H groups in total. The summed E-state index contributed by atoms with van der Waals surface area (Å²) in [5, 5.41) is 28.6. The fourth-order valence-electron chi connectivity index (χ4n) is 1.28. The molecule has 0 aliphatic carbocycles. The monoisotopic (exact) mass is 374 g/mol. The molecule has 1 aromatic rings. The number of aliphatic hydroxyl groups excluding tert-OH is 3. The molecule has 0 saturated heterocycles. The van der Waals surface area contributed by atoms with Gasteiger partial charge in [0.15, 0.2) is 6.23 Å². The number of hydrogen-bond donors (Lipinski definition) is 4. The highest BCUT2D eigenvalue weighted by Crippen LogP contribution is 2.15. The first kappa shape index (κ1) is 15.3. The Morgan fingerprint density at radius 3 is 2.44 bits per heavy atom. The van der Waals surface area contributed by atoms with Crippen LogP contribution in [0.2, 0.25) is 0 Å². The van der Waals surface area contributed by atoms with E-state index >= 15 is 0 Å². The molecular formula is C9H12FIN2O5. The van der Waals surface area contributed by atoms with Crippen LogP contribution in [0.4, 0.5) is 4.39 Å². The van der Waals surface area contributed by atoms with Crippen LogP contribution in [0.15, 0.2) is 21.9 Å². The van der Waals surface area contributed by atoms with E-state index in [2.05, 4.69) is 0 Å². The molecule has 0 amide bonds. The summed E-state index contributed by atoms with van der Waals surface area (Å²) in [7, 11) is 0. The van der Waals surface area contributed by atoms with E-state index in [0.29, 0.717) is 4.57 Å². The number of aliphatic hydroxyl groups is 3. The van der Waals surface area contributed by atoms with Crippen molar-refractivity contribution in [2.24, 2.45) is 0 Å². The molecule has 102 valence electrons. The Labute approximate surface area is 114 Å². The zero-order valence-corrected chi connectivity index (χ0v) is 11.2. The second kappa shape index (κ2) is 6.41. The molecule has 4 atom stereocenters. The minimum Gasteiger partial charge on any atom is -0.387 e. The second-order valence-electron chi connectivity index (χ2n) is 3.58. The van der Waals surface area contributed by atoms with Crippen molar-refractivity contribution >= 4 is 22.6 Å². The molecule has 1 rings (SSSR count). The molecule has 1 heterocycles. The van der Waals surface area contributed by atoms with Crippen molar-refractivity contribution in [1.82, 2.24) is 9.55 Å². The molecule has 0 aliphatic heterocycles. The Kier molecular flexibility index (Phi) is 5.44. The van der Waals surface area contributed by atoms with Crippen LogP contribution >= 0.6 is 22.6 Å². The second-order valence-corrected chi connectivity index (χ2v) is 4.46. The number of rotatable bonds is 5. The Bertz CT molecular complexity index is 504. The van der Waals surface area contributed by atoms with Crippen molar-refractivity contribution < 1.29 is 19.7 Å². The Balaban J connectivity index is 2.96. The van der Waals surface area contributed by atoms with Crippen LogP contribution in [-0.2, 0) is 0 Å². The average Bonchev–Trinajstić information content (AvgIpc) is 2.35. The number of aromatic amines is 1. The average molecular weight is 374 g/mol. The number of H-pyrrole nitrogens is 1. The molecule has 0 aliphatic rings. The third kappa shape index (κ3) is 3.37. The van der Waals surface area contributed by atoms with E-state index in [9.17, 15) is 29.3 Å². The highest BCUT2D eigenvalue weighted by molar-refractivity contribution is 14.1. The fourth-order valence-corrected chi connectivity index (χ4v) is 1.80. The lowest BCUT2D eigenvalue weighted by molar-refractivity contribution is -0.110. The molecule has 7 nitrogen and oxygen atoms in total. The van der Waals surface area contributed by atoms with Gasteiger partial charge in [0.1, 0.15) is 18.4 Å². The summed E-state index contributed by atoms with van der Waals surface area (Å²) in [6, 6.07) is 0.953. The van der Waals surface area contributed by atoms with Crippen LogP contribution in [-0.4, -0.2) is 47.7 Å². The molecule has 0 bridgehead atoms. The zero-order chi connectivity index (χ0) is 13.9. The summed E-state index contributed by atoms with van der Waals surface area (Å²) in [4.78, 5) is 24.0. The predicted molar refractivity (Wildman–Crippen MR) is 68.4 cm³/mol. The molecule has 0 unspecified atom stereocenters. The van der Waals surface area contributed by atoms with E-state index in [1.54, 1.807) is 22.6 Å². The molecule has 0 fully saturated rings. The summed E-state index contributed by atoms with van der Waals surface area (Å²) in [5.74, 6) is 0. The predicted octanol–water partition coefficient (Wildman–Crippen LogP) is -1.48. The van der Waals surface area contributed by atoms with Crippen molar-refractivity contribution in [1.29, 1.82) is 0 Å². The van der Waals surface area contributed by atoms with Crippen molar-refractivity contribution in [2.75, 3.05) is 4.43 Å². The highest BCUT2D eigenvalue weighted by Gasteiger charge is 2.32. The number of aromatic nitrogens is 2. The van der Waals surface area contributed by atoms with Gasteiger partial charge in [0.25, 0.3) is 5.56 Å².